The van der Waals surface area contributed by atoms with Crippen molar-refractivity contribution in [3.8, 4) is 5.69 Å². The van der Waals surface area contributed by atoms with Gasteiger partial charge in [0.25, 0.3) is 0 Å². The summed E-state index contributed by atoms with van der Waals surface area (Å²) in [6.07, 6.45) is 11.8. The van der Waals surface area contributed by atoms with Crippen LogP contribution in [0.4, 0.5) is 0 Å². The van der Waals surface area contributed by atoms with E-state index >= 15 is 0 Å². The van der Waals surface area contributed by atoms with E-state index in [0.29, 0.717) is 5.92 Å². The Hall–Kier alpha value is -2.20. The largest absolute Gasteiger partial charge is 0.316 e. The third-order valence-electron chi connectivity index (χ3n) is 5.86. The molecule has 0 amide bonds. The number of nitrogens with zero attached hydrogens (tertiary/aromatic N) is 3. The van der Waals surface area contributed by atoms with Crippen molar-refractivity contribution < 1.29 is 0 Å². The van der Waals surface area contributed by atoms with Gasteiger partial charge < -0.3 is 5.32 Å². The Morgan fingerprint density at radius 3 is 2.55 bits per heavy atom. The molecule has 4 rings (SSSR count). The number of nitrogens with one attached hydrogen (secondary N) is 1. The van der Waals surface area contributed by atoms with Gasteiger partial charge in [0.2, 0.25) is 0 Å². The van der Waals surface area contributed by atoms with E-state index in [2.05, 4.69) is 48.7 Å². The minimum atomic E-state index is 0.686. The van der Waals surface area contributed by atoms with Crippen molar-refractivity contribution in [3.05, 3.63) is 53.0 Å². The van der Waals surface area contributed by atoms with E-state index in [0.717, 1.165) is 29.9 Å². The topological polar surface area (TPSA) is 42.7 Å². The van der Waals surface area contributed by atoms with Gasteiger partial charge in [-0.3, -0.25) is 4.98 Å². The number of fused-ring (bicyclic) bond motifs is 1. The zero-order valence-corrected chi connectivity index (χ0v) is 18.8. The summed E-state index contributed by atoms with van der Waals surface area (Å²) in [7, 11) is 1.96. The molecule has 156 valence electrons. The molecule has 29 heavy (non-hydrogen) atoms. The highest BCUT2D eigenvalue weighted by atomic mass is 15.3. The Morgan fingerprint density at radius 2 is 1.86 bits per heavy atom. The molecule has 0 unspecified atom stereocenters. The monoisotopic (exact) mass is 392 g/mol. The minimum Gasteiger partial charge on any atom is -0.316 e. The van der Waals surface area contributed by atoms with Crippen molar-refractivity contribution in [2.45, 2.75) is 78.7 Å². The summed E-state index contributed by atoms with van der Waals surface area (Å²) in [4.78, 5) is 4.88. The average molecular weight is 393 g/mol. The number of pyridine rings is 1. The van der Waals surface area contributed by atoms with Crippen molar-refractivity contribution in [2.75, 3.05) is 7.05 Å². The van der Waals surface area contributed by atoms with E-state index in [1.54, 1.807) is 0 Å². The van der Waals surface area contributed by atoms with Gasteiger partial charge in [-0.2, -0.15) is 5.10 Å². The lowest BCUT2D eigenvalue weighted by Gasteiger charge is -2.24. The lowest BCUT2D eigenvalue weighted by atomic mass is 9.82. The van der Waals surface area contributed by atoms with E-state index in [1.807, 2.05) is 31.8 Å². The van der Waals surface area contributed by atoms with E-state index in [9.17, 15) is 0 Å². The molecule has 4 nitrogen and oxygen atoms in total. The standard InChI is InChI=1S/C23H30N4.C2H6/c1-4-18-11-21-20(19-8-6-5-7-9-19)10-16(2)26-22(21)12-23(18)27-15-17(13-24-3)14-25-27;1-2/h10-12,14-15,19,24H,4-9,13H2,1-3H3;1-2H3. The molecular weight excluding hydrogens is 356 g/mol. The van der Waals surface area contributed by atoms with Gasteiger partial charge >= 0.3 is 0 Å². The third-order valence-corrected chi connectivity index (χ3v) is 5.86. The molecule has 2 aromatic heterocycles. The van der Waals surface area contributed by atoms with Gasteiger partial charge in [-0.25, -0.2) is 4.68 Å². The van der Waals surface area contributed by atoms with Crippen LogP contribution in [0.25, 0.3) is 16.6 Å². The normalized spacial score (nSPS) is 14.7. The molecule has 0 aliphatic heterocycles. The molecule has 1 aromatic carbocycles. The van der Waals surface area contributed by atoms with Gasteiger partial charge in [-0.05, 0) is 68.5 Å². The minimum absolute atomic E-state index is 0.686. The van der Waals surface area contributed by atoms with Crippen LogP contribution < -0.4 is 5.32 Å². The number of hydrogen-bond acceptors (Lipinski definition) is 3. The molecule has 0 spiro atoms. The van der Waals surface area contributed by atoms with E-state index in [-0.39, 0.29) is 0 Å². The Morgan fingerprint density at radius 1 is 1.10 bits per heavy atom. The summed E-state index contributed by atoms with van der Waals surface area (Å²) in [5.74, 6) is 0.686. The summed E-state index contributed by atoms with van der Waals surface area (Å²) >= 11 is 0. The second-order valence-corrected chi connectivity index (χ2v) is 7.86. The third kappa shape index (κ3) is 4.69. The Balaban J connectivity index is 0.00000117. The number of hydrogen-bond donors (Lipinski definition) is 1. The molecule has 0 bridgehead atoms. The highest BCUT2D eigenvalue weighted by Crippen LogP contribution is 2.37. The number of benzene rings is 1. The molecule has 4 heteroatoms. The molecular formula is C25H36N4. The van der Waals surface area contributed by atoms with Crippen molar-refractivity contribution in [3.63, 3.8) is 0 Å². The number of aryl methyl sites for hydroxylation is 2. The van der Waals surface area contributed by atoms with Gasteiger partial charge in [0.15, 0.2) is 0 Å². The summed E-state index contributed by atoms with van der Waals surface area (Å²) in [5.41, 5.74) is 7.42. The molecule has 2 heterocycles. The highest BCUT2D eigenvalue weighted by Gasteiger charge is 2.20. The van der Waals surface area contributed by atoms with Crippen molar-refractivity contribution in [1.29, 1.82) is 0 Å². The first-order chi connectivity index (χ1) is 14.2. The lowest BCUT2D eigenvalue weighted by molar-refractivity contribution is 0.445. The average Bonchev–Trinajstić information content (AvgIpc) is 3.23. The smallest absolute Gasteiger partial charge is 0.0729 e. The maximum absolute atomic E-state index is 4.88. The summed E-state index contributed by atoms with van der Waals surface area (Å²) in [5, 5.41) is 9.14. The Kier molecular flexibility index (Phi) is 7.43. The predicted octanol–water partition coefficient (Wildman–Crippen LogP) is 6.08. The zero-order valence-electron chi connectivity index (χ0n) is 18.8. The van der Waals surface area contributed by atoms with Crippen molar-refractivity contribution in [2.24, 2.45) is 0 Å². The summed E-state index contributed by atoms with van der Waals surface area (Å²) in [6.45, 7) is 9.18. The van der Waals surface area contributed by atoms with Crippen molar-refractivity contribution in [1.82, 2.24) is 20.1 Å². The molecule has 3 aromatic rings. The highest BCUT2D eigenvalue weighted by molar-refractivity contribution is 5.86. The maximum atomic E-state index is 4.88. The van der Waals surface area contributed by atoms with E-state index in [1.165, 1.54) is 54.2 Å². The fourth-order valence-corrected chi connectivity index (χ4v) is 4.51. The second-order valence-electron chi connectivity index (χ2n) is 7.86. The zero-order chi connectivity index (χ0) is 20.8. The number of rotatable bonds is 5. The predicted molar refractivity (Wildman–Crippen MR) is 123 cm³/mol. The lowest BCUT2D eigenvalue weighted by Crippen LogP contribution is -2.07. The van der Waals surface area contributed by atoms with Crippen LogP contribution in [0.5, 0.6) is 0 Å². The van der Waals surface area contributed by atoms with E-state index < -0.39 is 0 Å². The molecule has 1 aliphatic carbocycles. The van der Waals surface area contributed by atoms with Crippen LogP contribution in [0.15, 0.2) is 30.6 Å². The second kappa shape index (κ2) is 10.0. The van der Waals surface area contributed by atoms with Crippen LogP contribution in [-0.2, 0) is 13.0 Å². The molecule has 1 aliphatic rings. The van der Waals surface area contributed by atoms with Crippen LogP contribution in [0, 0.1) is 6.92 Å². The van der Waals surface area contributed by atoms with Gasteiger partial charge in [-0.1, -0.05) is 40.0 Å². The van der Waals surface area contributed by atoms with Crippen LogP contribution in [0.1, 0.15) is 81.2 Å². The first-order valence-electron chi connectivity index (χ1n) is 11.3. The quantitative estimate of drug-likeness (QED) is 0.572. The Labute approximate surface area is 175 Å². The van der Waals surface area contributed by atoms with Gasteiger partial charge in [0, 0.05) is 29.4 Å². The molecule has 0 saturated heterocycles. The molecule has 1 saturated carbocycles. The fraction of sp³-hybridized carbons (Fsp3) is 0.520. The Bertz CT molecular complexity index is 935. The molecule has 0 atom stereocenters. The summed E-state index contributed by atoms with van der Waals surface area (Å²) in [6, 6.07) is 6.94. The van der Waals surface area contributed by atoms with Crippen LogP contribution in [0.2, 0.25) is 0 Å². The number of aromatic nitrogens is 3. The van der Waals surface area contributed by atoms with E-state index in [4.69, 9.17) is 4.98 Å². The van der Waals surface area contributed by atoms with Crippen LogP contribution in [0.3, 0.4) is 0 Å². The summed E-state index contributed by atoms with van der Waals surface area (Å²) < 4.78 is 2.01. The molecule has 1 N–H and O–H groups in total. The molecule has 0 radical (unpaired) electrons. The first kappa shape index (κ1) is 21.5. The first-order valence-corrected chi connectivity index (χ1v) is 11.3. The van der Waals surface area contributed by atoms with Crippen LogP contribution >= 0.6 is 0 Å². The maximum Gasteiger partial charge on any atom is 0.0729 e. The SMILES string of the molecule is CC.CCc1cc2c(C3CCCCC3)cc(C)nc2cc1-n1cc(CNC)cn1. The van der Waals surface area contributed by atoms with Gasteiger partial charge in [0.05, 0.1) is 17.4 Å². The molecule has 1 fully saturated rings. The van der Waals surface area contributed by atoms with Crippen molar-refractivity contribution >= 4 is 10.9 Å². The van der Waals surface area contributed by atoms with Gasteiger partial charge in [-0.15, -0.1) is 0 Å². The van der Waals surface area contributed by atoms with Crippen LogP contribution in [-0.4, -0.2) is 21.8 Å². The fourth-order valence-electron chi connectivity index (χ4n) is 4.51. The van der Waals surface area contributed by atoms with Gasteiger partial charge in [0.1, 0.15) is 0 Å².